The van der Waals surface area contributed by atoms with Gasteiger partial charge >= 0.3 is 0 Å². The molecule has 1 aromatic rings. The Labute approximate surface area is 107 Å². The minimum atomic E-state index is -0.227. The van der Waals surface area contributed by atoms with Crippen LogP contribution in [0.3, 0.4) is 0 Å². The number of rotatable bonds is 5. The van der Waals surface area contributed by atoms with E-state index in [1.165, 1.54) is 5.56 Å². The highest BCUT2D eigenvalue weighted by Crippen LogP contribution is 2.12. The predicted octanol–water partition coefficient (Wildman–Crippen LogP) is 2.40. The smallest absolute Gasteiger partial charge is 0.234 e. The number of benzene rings is 1. The number of anilines is 1. The summed E-state index contributed by atoms with van der Waals surface area (Å²) in [5, 5.41) is 2.85. The van der Waals surface area contributed by atoms with Gasteiger partial charge in [0.2, 0.25) is 5.91 Å². The lowest BCUT2D eigenvalue weighted by atomic mass is 10.1. The lowest BCUT2D eigenvalue weighted by Gasteiger charge is -2.17. The predicted molar refractivity (Wildman–Crippen MR) is 75.4 cm³/mol. The Kier molecular flexibility index (Phi) is 5.02. The van der Waals surface area contributed by atoms with Gasteiger partial charge in [0.25, 0.3) is 0 Å². The van der Waals surface area contributed by atoms with Gasteiger partial charge in [-0.3, -0.25) is 4.79 Å². The van der Waals surface area contributed by atoms with E-state index in [-0.39, 0.29) is 11.4 Å². The zero-order valence-corrected chi connectivity index (χ0v) is 11.4. The maximum atomic E-state index is 11.6. The van der Waals surface area contributed by atoms with E-state index in [0.717, 1.165) is 11.4 Å². The average molecular weight is 252 g/mol. The third-order valence-corrected chi connectivity index (χ3v) is 3.46. The standard InChI is InChI=1S/C13H20N2OS/c1-10-4-6-11(7-5-10)15-12(16)8-17-9-13(2,3)14/h4-7H,8-9,14H2,1-3H3,(H,15,16). The van der Waals surface area contributed by atoms with Gasteiger partial charge in [-0.05, 0) is 32.9 Å². The van der Waals surface area contributed by atoms with E-state index >= 15 is 0 Å². The Hall–Kier alpha value is -1.00. The second-order valence-electron chi connectivity index (χ2n) is 4.90. The Morgan fingerprint density at radius 2 is 1.94 bits per heavy atom. The zero-order valence-electron chi connectivity index (χ0n) is 10.6. The fourth-order valence-corrected chi connectivity index (χ4v) is 2.13. The number of aryl methyl sites for hydroxylation is 1. The highest BCUT2D eigenvalue weighted by atomic mass is 32.2. The van der Waals surface area contributed by atoms with Crippen LogP contribution in [0.15, 0.2) is 24.3 Å². The van der Waals surface area contributed by atoms with Gasteiger partial charge in [0.15, 0.2) is 0 Å². The monoisotopic (exact) mass is 252 g/mol. The number of thioether (sulfide) groups is 1. The SMILES string of the molecule is Cc1ccc(NC(=O)CSCC(C)(C)N)cc1. The van der Waals surface area contributed by atoms with E-state index in [2.05, 4.69) is 5.32 Å². The van der Waals surface area contributed by atoms with Gasteiger partial charge in [-0.25, -0.2) is 0 Å². The number of hydrogen-bond donors (Lipinski definition) is 2. The molecule has 0 spiro atoms. The van der Waals surface area contributed by atoms with Crippen LogP contribution in [0.25, 0.3) is 0 Å². The van der Waals surface area contributed by atoms with Crippen LogP contribution in [0.2, 0.25) is 0 Å². The summed E-state index contributed by atoms with van der Waals surface area (Å²) < 4.78 is 0. The van der Waals surface area contributed by atoms with Crippen LogP contribution < -0.4 is 11.1 Å². The second-order valence-corrected chi connectivity index (χ2v) is 5.88. The minimum absolute atomic E-state index is 0.0168. The van der Waals surface area contributed by atoms with Crippen molar-refractivity contribution in [3.8, 4) is 0 Å². The van der Waals surface area contributed by atoms with Crippen molar-refractivity contribution in [1.82, 2.24) is 0 Å². The highest BCUT2D eigenvalue weighted by Gasteiger charge is 2.11. The Bertz CT molecular complexity index is 368. The van der Waals surface area contributed by atoms with Crippen molar-refractivity contribution >= 4 is 23.4 Å². The van der Waals surface area contributed by atoms with E-state index in [4.69, 9.17) is 5.73 Å². The molecule has 0 aromatic heterocycles. The molecule has 0 saturated heterocycles. The van der Waals surface area contributed by atoms with Crippen LogP contribution >= 0.6 is 11.8 Å². The van der Waals surface area contributed by atoms with Crippen molar-refractivity contribution in [3.05, 3.63) is 29.8 Å². The van der Waals surface area contributed by atoms with Gasteiger partial charge in [0.1, 0.15) is 0 Å². The number of nitrogens with two attached hydrogens (primary N) is 1. The molecule has 0 bridgehead atoms. The van der Waals surface area contributed by atoms with Crippen molar-refractivity contribution in [1.29, 1.82) is 0 Å². The molecule has 3 N–H and O–H groups in total. The lowest BCUT2D eigenvalue weighted by Crippen LogP contribution is -2.35. The summed E-state index contributed by atoms with van der Waals surface area (Å²) in [6.45, 7) is 5.93. The topological polar surface area (TPSA) is 55.1 Å². The molecular weight excluding hydrogens is 232 g/mol. The number of nitrogens with one attached hydrogen (secondary N) is 1. The molecule has 0 radical (unpaired) electrons. The van der Waals surface area contributed by atoms with Crippen LogP contribution in [0, 0.1) is 6.92 Å². The van der Waals surface area contributed by atoms with Crippen molar-refractivity contribution in [2.75, 3.05) is 16.8 Å². The van der Waals surface area contributed by atoms with E-state index < -0.39 is 0 Å². The van der Waals surface area contributed by atoms with E-state index in [1.54, 1.807) is 11.8 Å². The molecule has 0 unspecified atom stereocenters. The highest BCUT2D eigenvalue weighted by molar-refractivity contribution is 8.00. The third-order valence-electron chi connectivity index (χ3n) is 2.04. The molecule has 0 saturated carbocycles. The molecule has 17 heavy (non-hydrogen) atoms. The van der Waals surface area contributed by atoms with Crippen LogP contribution in [-0.2, 0) is 4.79 Å². The first-order chi connectivity index (χ1) is 7.87. The molecule has 0 aliphatic carbocycles. The fraction of sp³-hybridized carbons (Fsp3) is 0.462. The van der Waals surface area contributed by atoms with Crippen LogP contribution in [0.4, 0.5) is 5.69 Å². The molecule has 94 valence electrons. The summed E-state index contributed by atoms with van der Waals surface area (Å²) in [5.74, 6) is 1.23. The zero-order chi connectivity index (χ0) is 12.9. The Balaban J connectivity index is 2.32. The molecular formula is C13H20N2OS. The minimum Gasteiger partial charge on any atom is -0.325 e. The van der Waals surface area contributed by atoms with Crippen LogP contribution in [0.1, 0.15) is 19.4 Å². The number of amides is 1. The largest absolute Gasteiger partial charge is 0.325 e. The van der Waals surface area contributed by atoms with Gasteiger partial charge in [-0.2, -0.15) is 11.8 Å². The van der Waals surface area contributed by atoms with E-state index in [0.29, 0.717) is 5.75 Å². The van der Waals surface area contributed by atoms with Crippen LogP contribution in [0.5, 0.6) is 0 Å². The average Bonchev–Trinajstić information content (AvgIpc) is 2.19. The van der Waals surface area contributed by atoms with Gasteiger partial charge < -0.3 is 11.1 Å². The number of carbonyl (C=O) groups excluding carboxylic acids is 1. The molecule has 4 heteroatoms. The fourth-order valence-electron chi connectivity index (χ4n) is 1.24. The molecule has 0 heterocycles. The third kappa shape index (κ3) is 6.34. The Morgan fingerprint density at radius 3 is 2.47 bits per heavy atom. The molecule has 0 fully saturated rings. The van der Waals surface area contributed by atoms with Gasteiger partial charge in [-0.1, -0.05) is 17.7 Å². The maximum absolute atomic E-state index is 11.6. The molecule has 0 atom stereocenters. The molecule has 3 nitrogen and oxygen atoms in total. The first kappa shape index (κ1) is 14.1. The van der Waals surface area contributed by atoms with Gasteiger partial charge in [0.05, 0.1) is 5.75 Å². The molecule has 0 aliphatic heterocycles. The summed E-state index contributed by atoms with van der Waals surface area (Å²) in [5.41, 5.74) is 7.63. The molecule has 1 amide bonds. The first-order valence-corrected chi connectivity index (χ1v) is 6.75. The summed E-state index contributed by atoms with van der Waals surface area (Å²) >= 11 is 1.55. The first-order valence-electron chi connectivity index (χ1n) is 5.60. The van der Waals surface area contributed by atoms with E-state index in [9.17, 15) is 4.79 Å². The van der Waals surface area contributed by atoms with Gasteiger partial charge in [-0.15, -0.1) is 0 Å². The summed E-state index contributed by atoms with van der Waals surface area (Å²) in [6.07, 6.45) is 0. The normalized spacial score (nSPS) is 11.3. The summed E-state index contributed by atoms with van der Waals surface area (Å²) in [6, 6.07) is 7.77. The number of carbonyl (C=O) groups is 1. The second kappa shape index (κ2) is 6.07. The lowest BCUT2D eigenvalue weighted by molar-refractivity contribution is -0.113. The van der Waals surface area contributed by atoms with E-state index in [1.807, 2.05) is 45.0 Å². The molecule has 0 aliphatic rings. The summed E-state index contributed by atoms with van der Waals surface area (Å²) in [4.78, 5) is 11.6. The van der Waals surface area contributed by atoms with Gasteiger partial charge in [0, 0.05) is 17.0 Å². The van der Waals surface area contributed by atoms with Crippen molar-refractivity contribution in [3.63, 3.8) is 0 Å². The quantitative estimate of drug-likeness (QED) is 0.846. The Morgan fingerprint density at radius 1 is 1.35 bits per heavy atom. The molecule has 1 aromatic carbocycles. The number of hydrogen-bond acceptors (Lipinski definition) is 3. The maximum Gasteiger partial charge on any atom is 0.234 e. The van der Waals surface area contributed by atoms with Crippen molar-refractivity contribution < 1.29 is 4.79 Å². The summed E-state index contributed by atoms with van der Waals surface area (Å²) in [7, 11) is 0. The molecule has 1 rings (SSSR count). The van der Waals surface area contributed by atoms with Crippen molar-refractivity contribution in [2.45, 2.75) is 26.3 Å². The van der Waals surface area contributed by atoms with Crippen molar-refractivity contribution in [2.24, 2.45) is 5.73 Å². The van der Waals surface area contributed by atoms with Crippen LogP contribution in [-0.4, -0.2) is 23.0 Å².